The van der Waals surface area contributed by atoms with Crippen LogP contribution in [0.1, 0.15) is 23.2 Å². The molecule has 8 heteroatoms. The van der Waals surface area contributed by atoms with Crippen molar-refractivity contribution in [2.24, 2.45) is 0 Å². The van der Waals surface area contributed by atoms with Gasteiger partial charge in [-0.15, -0.1) is 0 Å². The molecule has 1 aromatic rings. The number of carbonyl (C=O) groups excluding carboxylic acids is 1. The fraction of sp³-hybridized carbons (Fsp3) is 0.562. The van der Waals surface area contributed by atoms with Crippen LogP contribution in [0.4, 0.5) is 0 Å². The highest BCUT2D eigenvalue weighted by molar-refractivity contribution is 7.89. The van der Waals surface area contributed by atoms with Gasteiger partial charge in [0.25, 0.3) is 5.91 Å². The molecule has 1 N–H and O–H groups in total. The summed E-state index contributed by atoms with van der Waals surface area (Å²) in [6.45, 7) is 2.99. The van der Waals surface area contributed by atoms with E-state index in [0.717, 1.165) is 12.8 Å². The first-order chi connectivity index (χ1) is 11.6. The fourth-order valence-electron chi connectivity index (χ4n) is 2.84. The first-order valence-corrected chi connectivity index (χ1v) is 9.63. The third kappa shape index (κ3) is 4.13. The Morgan fingerprint density at radius 2 is 2.04 bits per heavy atom. The second-order valence-electron chi connectivity index (χ2n) is 5.92. The Morgan fingerprint density at radius 1 is 1.25 bits per heavy atom. The van der Waals surface area contributed by atoms with Crippen molar-refractivity contribution in [3.05, 3.63) is 29.8 Å². The third-order valence-corrected chi connectivity index (χ3v) is 5.64. The van der Waals surface area contributed by atoms with Crippen LogP contribution in [0.2, 0.25) is 0 Å². The predicted octanol–water partition coefficient (Wildman–Crippen LogP) is 0.616. The van der Waals surface area contributed by atoms with Crippen LogP contribution in [-0.2, 0) is 19.5 Å². The number of carbonyl (C=O) groups is 1. The summed E-state index contributed by atoms with van der Waals surface area (Å²) < 4.78 is 38.1. The minimum absolute atomic E-state index is 0.0714. The molecular formula is C16H22N2O5S. The molecule has 132 valence electrons. The maximum atomic E-state index is 12.5. The van der Waals surface area contributed by atoms with E-state index >= 15 is 0 Å². The Hall–Kier alpha value is -1.48. The zero-order chi connectivity index (χ0) is 17.0. The van der Waals surface area contributed by atoms with Gasteiger partial charge in [0.2, 0.25) is 10.0 Å². The fourth-order valence-corrected chi connectivity index (χ4v) is 3.95. The summed E-state index contributed by atoms with van der Waals surface area (Å²) in [7, 11) is -3.66. The van der Waals surface area contributed by atoms with Gasteiger partial charge in [0.15, 0.2) is 0 Å². The van der Waals surface area contributed by atoms with Crippen LogP contribution >= 0.6 is 0 Å². The number of benzene rings is 1. The number of ether oxygens (including phenoxy) is 2. The molecule has 7 nitrogen and oxygen atoms in total. The Kier molecular flexibility index (Phi) is 5.50. The normalized spacial score (nSPS) is 21.8. The molecule has 2 fully saturated rings. The van der Waals surface area contributed by atoms with Crippen LogP contribution in [0.25, 0.3) is 0 Å². The van der Waals surface area contributed by atoms with Crippen molar-refractivity contribution in [2.75, 3.05) is 39.5 Å². The molecule has 0 bridgehead atoms. The quantitative estimate of drug-likeness (QED) is 0.838. The molecule has 24 heavy (non-hydrogen) atoms. The lowest BCUT2D eigenvalue weighted by Crippen LogP contribution is -2.40. The molecule has 1 atom stereocenters. The van der Waals surface area contributed by atoms with Crippen molar-refractivity contribution in [1.29, 1.82) is 0 Å². The van der Waals surface area contributed by atoms with Crippen LogP contribution in [0, 0.1) is 0 Å². The maximum absolute atomic E-state index is 12.5. The van der Waals surface area contributed by atoms with Crippen molar-refractivity contribution in [2.45, 2.75) is 23.8 Å². The number of morpholine rings is 1. The summed E-state index contributed by atoms with van der Waals surface area (Å²) in [5.74, 6) is -0.172. The highest BCUT2D eigenvalue weighted by Crippen LogP contribution is 2.16. The van der Waals surface area contributed by atoms with Gasteiger partial charge in [-0.2, -0.15) is 0 Å². The summed E-state index contributed by atoms with van der Waals surface area (Å²) >= 11 is 0. The Morgan fingerprint density at radius 3 is 2.75 bits per heavy atom. The summed E-state index contributed by atoms with van der Waals surface area (Å²) in [6.07, 6.45) is 1.74. The molecule has 0 aliphatic carbocycles. The molecule has 1 aromatic carbocycles. The minimum atomic E-state index is -3.66. The molecule has 2 aliphatic rings. The highest BCUT2D eigenvalue weighted by atomic mass is 32.2. The lowest BCUT2D eigenvalue weighted by atomic mass is 10.2. The zero-order valence-electron chi connectivity index (χ0n) is 13.4. The summed E-state index contributed by atoms with van der Waals surface area (Å²) in [5, 5.41) is 0. The van der Waals surface area contributed by atoms with E-state index in [1.54, 1.807) is 17.0 Å². The van der Waals surface area contributed by atoms with Gasteiger partial charge >= 0.3 is 0 Å². The molecule has 2 aliphatic heterocycles. The van der Waals surface area contributed by atoms with Gasteiger partial charge in [0, 0.05) is 31.8 Å². The second-order valence-corrected chi connectivity index (χ2v) is 7.69. The lowest BCUT2D eigenvalue weighted by molar-refractivity contribution is 0.0302. The number of nitrogens with zero attached hydrogens (tertiary/aromatic N) is 1. The van der Waals surface area contributed by atoms with Gasteiger partial charge in [-0.1, -0.05) is 6.07 Å². The van der Waals surface area contributed by atoms with Crippen molar-refractivity contribution in [1.82, 2.24) is 9.62 Å². The average Bonchev–Trinajstić information content (AvgIpc) is 3.14. The number of nitrogens with one attached hydrogen (secondary N) is 1. The van der Waals surface area contributed by atoms with Crippen molar-refractivity contribution in [3.63, 3.8) is 0 Å². The van der Waals surface area contributed by atoms with E-state index in [1.165, 1.54) is 12.1 Å². The molecule has 0 saturated carbocycles. The van der Waals surface area contributed by atoms with Crippen LogP contribution in [0.15, 0.2) is 29.2 Å². The smallest absolute Gasteiger partial charge is 0.254 e. The third-order valence-electron chi connectivity index (χ3n) is 4.21. The molecule has 2 saturated heterocycles. The largest absolute Gasteiger partial charge is 0.378 e. The maximum Gasteiger partial charge on any atom is 0.254 e. The first kappa shape index (κ1) is 17.3. The highest BCUT2D eigenvalue weighted by Gasteiger charge is 2.23. The van der Waals surface area contributed by atoms with Gasteiger partial charge in [0.1, 0.15) is 0 Å². The van der Waals surface area contributed by atoms with Crippen LogP contribution in [0.5, 0.6) is 0 Å². The summed E-state index contributed by atoms with van der Waals surface area (Å²) in [5.41, 5.74) is 0.372. The van der Waals surface area contributed by atoms with Crippen LogP contribution in [-0.4, -0.2) is 64.8 Å². The molecule has 0 radical (unpaired) electrons. The molecule has 0 aromatic heterocycles. The molecule has 1 amide bonds. The molecular weight excluding hydrogens is 332 g/mol. The van der Waals surface area contributed by atoms with E-state index in [2.05, 4.69) is 4.72 Å². The van der Waals surface area contributed by atoms with Gasteiger partial charge in [-0.3, -0.25) is 4.79 Å². The molecule has 2 heterocycles. The van der Waals surface area contributed by atoms with E-state index < -0.39 is 10.0 Å². The predicted molar refractivity (Wildman–Crippen MR) is 87.3 cm³/mol. The van der Waals surface area contributed by atoms with Crippen LogP contribution in [0.3, 0.4) is 0 Å². The number of amides is 1. The molecule has 0 spiro atoms. The Labute approximate surface area is 142 Å². The number of rotatable bonds is 5. The first-order valence-electron chi connectivity index (χ1n) is 8.14. The van der Waals surface area contributed by atoms with E-state index in [0.29, 0.717) is 38.5 Å². The van der Waals surface area contributed by atoms with Gasteiger partial charge < -0.3 is 14.4 Å². The second kappa shape index (κ2) is 7.60. The number of hydrogen-bond donors (Lipinski definition) is 1. The van der Waals surface area contributed by atoms with E-state index in [4.69, 9.17) is 9.47 Å². The van der Waals surface area contributed by atoms with E-state index in [1.807, 2.05) is 0 Å². The minimum Gasteiger partial charge on any atom is -0.378 e. The zero-order valence-corrected chi connectivity index (χ0v) is 14.3. The standard InChI is InChI=1S/C16H22N2O5S/c19-16(18-6-9-22-10-7-18)13-3-1-5-15(11-13)24(20,21)17-12-14-4-2-8-23-14/h1,3,5,11,14,17H,2,4,6-10,12H2. The van der Waals surface area contributed by atoms with Crippen molar-refractivity contribution < 1.29 is 22.7 Å². The van der Waals surface area contributed by atoms with Gasteiger partial charge in [0.05, 0.1) is 24.2 Å². The molecule has 1 unspecified atom stereocenters. The Balaban J connectivity index is 1.70. The SMILES string of the molecule is O=C(c1cccc(S(=O)(=O)NCC2CCCO2)c1)N1CCOCC1. The lowest BCUT2D eigenvalue weighted by Gasteiger charge is -2.27. The number of hydrogen-bond acceptors (Lipinski definition) is 5. The van der Waals surface area contributed by atoms with Gasteiger partial charge in [-0.05, 0) is 31.0 Å². The van der Waals surface area contributed by atoms with E-state index in [9.17, 15) is 13.2 Å². The average molecular weight is 354 g/mol. The van der Waals surface area contributed by atoms with Crippen LogP contribution < -0.4 is 4.72 Å². The Bertz CT molecular complexity index is 679. The summed E-state index contributed by atoms with van der Waals surface area (Å²) in [4.78, 5) is 14.3. The number of sulfonamides is 1. The summed E-state index contributed by atoms with van der Waals surface area (Å²) in [6, 6.07) is 6.15. The van der Waals surface area contributed by atoms with E-state index in [-0.39, 0.29) is 23.5 Å². The van der Waals surface area contributed by atoms with Crippen molar-refractivity contribution >= 4 is 15.9 Å². The monoisotopic (exact) mass is 354 g/mol. The van der Waals surface area contributed by atoms with Gasteiger partial charge in [-0.25, -0.2) is 13.1 Å². The topological polar surface area (TPSA) is 84.9 Å². The molecule has 3 rings (SSSR count). The van der Waals surface area contributed by atoms with Crippen molar-refractivity contribution in [3.8, 4) is 0 Å².